The van der Waals surface area contributed by atoms with Crippen LogP contribution in [0.15, 0.2) is 12.7 Å². The molecule has 0 N–H and O–H groups in total. The summed E-state index contributed by atoms with van der Waals surface area (Å²) >= 11 is 0. The second kappa shape index (κ2) is 4.13. The molecule has 0 aromatic heterocycles. The molecule has 0 radical (unpaired) electrons. The van der Waals surface area contributed by atoms with Crippen LogP contribution in [0.25, 0.3) is 0 Å². The molecule has 3 heteroatoms. The molecule has 0 bridgehead atoms. The maximum absolute atomic E-state index is 11.3. The number of methoxy groups -OCH3 is 1. The topological polar surface area (TPSA) is 35.5 Å². The lowest BCUT2D eigenvalue weighted by Gasteiger charge is -2.22. The first-order valence-electron chi connectivity index (χ1n) is 4.91. The SMILES string of the molecule is C=CC1(C)CCC(C(C)C(=O)OC)O1. The molecule has 1 heterocycles. The molecular formula is C11H18O3. The minimum atomic E-state index is -0.271. The first-order chi connectivity index (χ1) is 6.52. The third-order valence-electron chi connectivity index (χ3n) is 2.91. The van der Waals surface area contributed by atoms with Crippen molar-refractivity contribution in [1.29, 1.82) is 0 Å². The Labute approximate surface area is 85.1 Å². The zero-order chi connectivity index (χ0) is 10.8. The van der Waals surface area contributed by atoms with Gasteiger partial charge in [-0.15, -0.1) is 6.58 Å². The molecule has 3 atom stereocenters. The van der Waals surface area contributed by atoms with Crippen LogP contribution in [0.1, 0.15) is 26.7 Å². The van der Waals surface area contributed by atoms with Crippen molar-refractivity contribution in [2.24, 2.45) is 5.92 Å². The molecule has 1 aliphatic heterocycles. The minimum Gasteiger partial charge on any atom is -0.469 e. The van der Waals surface area contributed by atoms with E-state index in [1.165, 1.54) is 7.11 Å². The number of ether oxygens (including phenoxy) is 2. The van der Waals surface area contributed by atoms with Crippen LogP contribution in [-0.4, -0.2) is 24.8 Å². The Morgan fingerprint density at radius 2 is 2.43 bits per heavy atom. The van der Waals surface area contributed by atoms with Gasteiger partial charge in [0.25, 0.3) is 0 Å². The van der Waals surface area contributed by atoms with Crippen molar-refractivity contribution in [2.45, 2.75) is 38.4 Å². The van der Waals surface area contributed by atoms with E-state index in [1.807, 2.05) is 13.8 Å². The fraction of sp³-hybridized carbons (Fsp3) is 0.727. The average Bonchev–Trinajstić information content (AvgIpc) is 2.59. The standard InChI is InChI=1S/C11H18O3/c1-5-11(3)7-6-9(14-11)8(2)10(12)13-4/h5,8-9H,1,6-7H2,2-4H3. The van der Waals surface area contributed by atoms with E-state index in [2.05, 4.69) is 11.3 Å². The summed E-state index contributed by atoms with van der Waals surface area (Å²) in [6, 6.07) is 0. The molecule has 80 valence electrons. The normalized spacial score (nSPS) is 33.8. The quantitative estimate of drug-likeness (QED) is 0.513. The van der Waals surface area contributed by atoms with E-state index in [9.17, 15) is 4.79 Å². The summed E-state index contributed by atoms with van der Waals surface area (Å²) in [4.78, 5) is 11.3. The summed E-state index contributed by atoms with van der Waals surface area (Å²) in [7, 11) is 1.40. The minimum absolute atomic E-state index is 0.0366. The highest BCUT2D eigenvalue weighted by Crippen LogP contribution is 2.34. The van der Waals surface area contributed by atoms with E-state index >= 15 is 0 Å². The zero-order valence-corrected chi connectivity index (χ0v) is 9.08. The Morgan fingerprint density at radius 1 is 1.79 bits per heavy atom. The number of rotatable bonds is 3. The van der Waals surface area contributed by atoms with Crippen molar-refractivity contribution in [3.8, 4) is 0 Å². The zero-order valence-electron chi connectivity index (χ0n) is 9.08. The van der Waals surface area contributed by atoms with Crippen molar-refractivity contribution in [1.82, 2.24) is 0 Å². The highest BCUT2D eigenvalue weighted by Gasteiger charge is 2.38. The lowest BCUT2D eigenvalue weighted by molar-refractivity contribution is -0.150. The molecule has 0 saturated carbocycles. The number of hydrogen-bond acceptors (Lipinski definition) is 3. The van der Waals surface area contributed by atoms with Crippen molar-refractivity contribution in [2.75, 3.05) is 7.11 Å². The third kappa shape index (κ3) is 2.15. The predicted octanol–water partition coefficient (Wildman–Crippen LogP) is 1.92. The molecule has 1 saturated heterocycles. The number of hydrogen-bond donors (Lipinski definition) is 0. The van der Waals surface area contributed by atoms with E-state index in [1.54, 1.807) is 6.08 Å². The van der Waals surface area contributed by atoms with Gasteiger partial charge >= 0.3 is 5.97 Å². The van der Waals surface area contributed by atoms with Gasteiger partial charge in [-0.2, -0.15) is 0 Å². The number of carbonyl (C=O) groups is 1. The van der Waals surface area contributed by atoms with Crippen LogP contribution in [0.2, 0.25) is 0 Å². The molecule has 0 amide bonds. The molecule has 0 spiro atoms. The van der Waals surface area contributed by atoms with Crippen molar-refractivity contribution < 1.29 is 14.3 Å². The van der Waals surface area contributed by atoms with Gasteiger partial charge in [0.2, 0.25) is 0 Å². The fourth-order valence-corrected chi connectivity index (χ4v) is 1.73. The summed E-state index contributed by atoms with van der Waals surface area (Å²) < 4.78 is 10.4. The number of carbonyl (C=O) groups excluding carboxylic acids is 1. The Hall–Kier alpha value is -0.830. The van der Waals surface area contributed by atoms with Gasteiger partial charge in [-0.25, -0.2) is 0 Å². The van der Waals surface area contributed by atoms with Crippen LogP contribution in [0.3, 0.4) is 0 Å². The Balaban J connectivity index is 2.57. The maximum atomic E-state index is 11.3. The summed E-state index contributed by atoms with van der Waals surface area (Å²) in [5.41, 5.74) is -0.271. The molecule has 3 nitrogen and oxygen atoms in total. The van der Waals surface area contributed by atoms with Crippen molar-refractivity contribution >= 4 is 5.97 Å². The highest BCUT2D eigenvalue weighted by molar-refractivity contribution is 5.72. The van der Waals surface area contributed by atoms with Crippen molar-refractivity contribution in [3.63, 3.8) is 0 Å². The van der Waals surface area contributed by atoms with E-state index in [4.69, 9.17) is 4.74 Å². The second-order valence-electron chi connectivity index (χ2n) is 4.02. The molecule has 0 aromatic rings. The Morgan fingerprint density at radius 3 is 2.86 bits per heavy atom. The molecule has 1 fully saturated rings. The van der Waals surface area contributed by atoms with Crippen LogP contribution in [0.5, 0.6) is 0 Å². The Kier molecular flexibility index (Phi) is 3.32. The van der Waals surface area contributed by atoms with Gasteiger partial charge < -0.3 is 9.47 Å². The molecule has 1 aliphatic rings. The molecule has 3 unspecified atom stereocenters. The van der Waals surface area contributed by atoms with Crippen LogP contribution in [0.4, 0.5) is 0 Å². The molecule has 0 aromatic carbocycles. The molecule has 14 heavy (non-hydrogen) atoms. The summed E-state index contributed by atoms with van der Waals surface area (Å²) in [5.74, 6) is -0.398. The first-order valence-corrected chi connectivity index (χ1v) is 4.91. The largest absolute Gasteiger partial charge is 0.469 e. The molecular weight excluding hydrogens is 180 g/mol. The predicted molar refractivity (Wildman–Crippen MR) is 53.9 cm³/mol. The first kappa shape index (κ1) is 11.2. The summed E-state index contributed by atoms with van der Waals surface area (Å²) in [5, 5.41) is 0. The van der Waals surface area contributed by atoms with Gasteiger partial charge in [-0.05, 0) is 26.7 Å². The van der Waals surface area contributed by atoms with E-state index < -0.39 is 0 Å². The van der Waals surface area contributed by atoms with Crippen LogP contribution >= 0.6 is 0 Å². The molecule has 0 aliphatic carbocycles. The highest BCUT2D eigenvalue weighted by atomic mass is 16.5. The smallest absolute Gasteiger partial charge is 0.311 e. The van der Waals surface area contributed by atoms with Gasteiger partial charge in [-0.1, -0.05) is 6.08 Å². The van der Waals surface area contributed by atoms with Crippen LogP contribution in [-0.2, 0) is 14.3 Å². The number of esters is 1. The second-order valence-corrected chi connectivity index (χ2v) is 4.02. The monoisotopic (exact) mass is 198 g/mol. The van der Waals surface area contributed by atoms with Gasteiger partial charge in [0.15, 0.2) is 0 Å². The maximum Gasteiger partial charge on any atom is 0.311 e. The van der Waals surface area contributed by atoms with E-state index in [0.29, 0.717) is 0 Å². The fourth-order valence-electron chi connectivity index (χ4n) is 1.73. The van der Waals surface area contributed by atoms with Crippen molar-refractivity contribution in [3.05, 3.63) is 12.7 Å². The van der Waals surface area contributed by atoms with E-state index in [0.717, 1.165) is 12.8 Å². The lowest BCUT2D eigenvalue weighted by Crippen LogP contribution is -2.29. The van der Waals surface area contributed by atoms with Crippen LogP contribution < -0.4 is 0 Å². The van der Waals surface area contributed by atoms with Gasteiger partial charge in [0, 0.05) is 0 Å². The third-order valence-corrected chi connectivity index (χ3v) is 2.91. The average molecular weight is 198 g/mol. The molecule has 1 rings (SSSR count). The lowest BCUT2D eigenvalue weighted by atomic mass is 9.99. The van der Waals surface area contributed by atoms with Gasteiger partial charge in [0.05, 0.1) is 24.7 Å². The summed E-state index contributed by atoms with van der Waals surface area (Å²) in [6.45, 7) is 7.56. The van der Waals surface area contributed by atoms with Gasteiger partial charge in [0.1, 0.15) is 0 Å². The van der Waals surface area contributed by atoms with Gasteiger partial charge in [-0.3, -0.25) is 4.79 Å². The Bertz CT molecular complexity index is 237. The van der Waals surface area contributed by atoms with E-state index in [-0.39, 0.29) is 23.6 Å². The van der Waals surface area contributed by atoms with Crippen LogP contribution in [0, 0.1) is 5.92 Å². The summed E-state index contributed by atoms with van der Waals surface area (Å²) in [6.07, 6.45) is 3.57.